The summed E-state index contributed by atoms with van der Waals surface area (Å²) in [5.41, 5.74) is 4.30. The Balaban J connectivity index is 1.50. The van der Waals surface area contributed by atoms with E-state index in [0.717, 1.165) is 33.0 Å². The quantitative estimate of drug-likeness (QED) is 0.155. The number of methoxy groups -OCH3 is 4. The Morgan fingerprint density at radius 2 is 1.51 bits per heavy atom. The zero-order chi connectivity index (χ0) is 34.7. The average Bonchev–Trinajstić information content (AvgIpc) is 3.93. The number of aryl methyl sites for hydroxylation is 1. The number of benzene rings is 2. The largest absolute Gasteiger partial charge is 0.497 e. The summed E-state index contributed by atoms with van der Waals surface area (Å²) >= 11 is 0. The van der Waals surface area contributed by atoms with Crippen LogP contribution in [0.15, 0.2) is 73.2 Å². The minimum atomic E-state index is -0.971. The van der Waals surface area contributed by atoms with Crippen molar-refractivity contribution in [2.24, 2.45) is 11.8 Å². The molecule has 2 N–H and O–H groups in total. The lowest BCUT2D eigenvalue weighted by Crippen LogP contribution is -2.24. The molecule has 2 atom stereocenters. The Bertz CT molecular complexity index is 1980. The first-order valence-corrected chi connectivity index (χ1v) is 15.6. The summed E-state index contributed by atoms with van der Waals surface area (Å²) in [4.78, 5) is 40.5. The number of pyridine rings is 3. The molecular weight excluding hydrogens is 626 g/mol. The van der Waals surface area contributed by atoms with E-state index in [1.807, 2.05) is 55.5 Å². The summed E-state index contributed by atoms with van der Waals surface area (Å²) in [5.74, 6) is 1.00. The van der Waals surface area contributed by atoms with Crippen LogP contribution in [-0.4, -0.2) is 60.4 Å². The van der Waals surface area contributed by atoms with Crippen molar-refractivity contribution in [1.82, 2.24) is 15.0 Å². The maximum atomic E-state index is 12.9. The molecule has 1 saturated carbocycles. The molecule has 12 heteroatoms. The zero-order valence-corrected chi connectivity index (χ0v) is 27.9. The predicted octanol–water partition coefficient (Wildman–Crippen LogP) is 5.90. The maximum Gasteiger partial charge on any atom is 0.307 e. The monoisotopic (exact) mass is 663 g/mol. The molecule has 3 aromatic heterocycles. The fourth-order valence-electron chi connectivity index (χ4n) is 5.87. The van der Waals surface area contributed by atoms with Crippen LogP contribution in [0.5, 0.6) is 23.0 Å². The molecule has 1 aliphatic carbocycles. The average molecular weight is 664 g/mol. The molecule has 0 radical (unpaired) electrons. The van der Waals surface area contributed by atoms with Gasteiger partial charge in [-0.1, -0.05) is 0 Å². The van der Waals surface area contributed by atoms with Crippen LogP contribution in [0.2, 0.25) is 0 Å². The van der Waals surface area contributed by atoms with E-state index >= 15 is 0 Å². The molecule has 0 saturated heterocycles. The van der Waals surface area contributed by atoms with Gasteiger partial charge in [0.05, 0.1) is 46.0 Å². The van der Waals surface area contributed by atoms with Crippen LogP contribution < -0.4 is 29.2 Å². The molecular formula is C37H37N5O7. The van der Waals surface area contributed by atoms with Gasteiger partial charge in [0, 0.05) is 65.9 Å². The minimum absolute atomic E-state index is 0.311. The highest BCUT2D eigenvalue weighted by Crippen LogP contribution is 2.40. The third kappa shape index (κ3) is 7.03. The van der Waals surface area contributed by atoms with Gasteiger partial charge in [0.15, 0.2) is 0 Å². The summed E-state index contributed by atoms with van der Waals surface area (Å²) in [6, 6.07) is 17.0. The molecule has 0 unspecified atom stereocenters. The lowest BCUT2D eigenvalue weighted by atomic mass is 10.0. The van der Waals surface area contributed by atoms with E-state index < -0.39 is 17.8 Å². The first-order valence-electron chi connectivity index (χ1n) is 15.6. The van der Waals surface area contributed by atoms with E-state index in [2.05, 4.69) is 20.2 Å². The number of ether oxygens (including phenoxy) is 4. The number of hydrogen-bond donors (Lipinski definition) is 2. The number of aromatic nitrogens is 3. The fraction of sp³-hybridized carbons (Fsp3) is 0.270. The molecule has 0 bridgehead atoms. The summed E-state index contributed by atoms with van der Waals surface area (Å²) in [5, 5.41) is 13.6. The van der Waals surface area contributed by atoms with Crippen LogP contribution in [0.25, 0.3) is 22.0 Å². The van der Waals surface area contributed by atoms with Crippen LogP contribution in [0, 0.1) is 18.8 Å². The van der Waals surface area contributed by atoms with Crippen molar-refractivity contribution in [3.05, 3.63) is 89.9 Å². The van der Waals surface area contributed by atoms with Gasteiger partial charge >= 0.3 is 5.97 Å². The van der Waals surface area contributed by atoms with Crippen molar-refractivity contribution in [1.29, 1.82) is 0 Å². The van der Waals surface area contributed by atoms with Crippen LogP contribution >= 0.6 is 0 Å². The number of anilines is 2. The highest BCUT2D eigenvalue weighted by atomic mass is 16.5. The van der Waals surface area contributed by atoms with Gasteiger partial charge in [0.25, 0.3) is 0 Å². The first-order chi connectivity index (χ1) is 23.7. The summed E-state index contributed by atoms with van der Waals surface area (Å²) in [6.45, 7) is 2.77. The van der Waals surface area contributed by atoms with Crippen molar-refractivity contribution < 1.29 is 33.6 Å². The number of nitrogens with zero attached hydrogens (tertiary/aromatic N) is 4. The van der Waals surface area contributed by atoms with E-state index in [1.54, 1.807) is 53.1 Å². The van der Waals surface area contributed by atoms with E-state index in [9.17, 15) is 14.7 Å². The molecule has 0 aliphatic heterocycles. The lowest BCUT2D eigenvalue weighted by Gasteiger charge is -2.28. The standard InChI is InChI=1S/C37H37N5O7/c1-21-10-11-38-17-29(21)31-12-24-13-34(41-36(43)27-16-28(27)37(44)45)39-18-30(24)35(40-31)42(19-22-6-8-25(46-2)14-32(22)48-4)20-23-7-9-26(47-3)15-33(23)49-5/h6-15,17-18,27-28H,16,19-20H2,1-5H3,(H,44,45)(H,39,41,43)/t27-,28-/m1/s1. The molecule has 2 aromatic carbocycles. The van der Waals surface area contributed by atoms with Gasteiger partial charge in [0.2, 0.25) is 5.91 Å². The third-order valence-electron chi connectivity index (χ3n) is 8.72. The zero-order valence-electron chi connectivity index (χ0n) is 27.9. The summed E-state index contributed by atoms with van der Waals surface area (Å²) in [7, 11) is 6.46. The number of rotatable bonds is 13. The Kier molecular flexibility index (Phi) is 9.47. The molecule has 49 heavy (non-hydrogen) atoms. The number of carbonyl (C=O) groups is 2. The Morgan fingerprint density at radius 1 is 0.857 bits per heavy atom. The lowest BCUT2D eigenvalue weighted by molar-refractivity contribution is -0.139. The van der Waals surface area contributed by atoms with E-state index in [4.69, 9.17) is 23.9 Å². The van der Waals surface area contributed by atoms with Crippen molar-refractivity contribution in [2.75, 3.05) is 38.7 Å². The van der Waals surface area contributed by atoms with Gasteiger partial charge in [-0.15, -0.1) is 0 Å². The van der Waals surface area contributed by atoms with E-state index in [1.165, 1.54) is 0 Å². The number of amides is 1. The Morgan fingerprint density at radius 3 is 2.06 bits per heavy atom. The molecule has 3 heterocycles. The number of hydrogen-bond acceptors (Lipinski definition) is 10. The fourth-order valence-corrected chi connectivity index (χ4v) is 5.87. The number of nitrogens with one attached hydrogen (secondary N) is 1. The van der Waals surface area contributed by atoms with Gasteiger partial charge in [0.1, 0.15) is 34.6 Å². The second kappa shape index (κ2) is 14.1. The molecule has 1 amide bonds. The van der Waals surface area contributed by atoms with Gasteiger partial charge in [-0.2, -0.15) is 0 Å². The molecule has 0 spiro atoms. The third-order valence-corrected chi connectivity index (χ3v) is 8.72. The minimum Gasteiger partial charge on any atom is -0.497 e. The topological polar surface area (TPSA) is 145 Å². The van der Waals surface area contributed by atoms with Gasteiger partial charge in [-0.05, 0) is 66.8 Å². The van der Waals surface area contributed by atoms with Gasteiger partial charge < -0.3 is 34.3 Å². The predicted molar refractivity (Wildman–Crippen MR) is 184 cm³/mol. The van der Waals surface area contributed by atoms with E-state index in [-0.39, 0.29) is 5.91 Å². The molecule has 1 fully saturated rings. The van der Waals surface area contributed by atoms with Crippen LogP contribution in [0.4, 0.5) is 11.6 Å². The highest BCUT2D eigenvalue weighted by molar-refractivity contribution is 6.00. The molecule has 252 valence electrons. The number of aliphatic carboxylic acids is 1. The number of carboxylic acids is 1. The second-order valence-electron chi connectivity index (χ2n) is 11.8. The molecule has 12 nitrogen and oxygen atoms in total. The van der Waals surface area contributed by atoms with Crippen molar-refractivity contribution in [3.8, 4) is 34.3 Å². The first kappa shape index (κ1) is 33.0. The Hall–Kier alpha value is -5.91. The second-order valence-corrected chi connectivity index (χ2v) is 11.8. The molecule has 1 aliphatic rings. The van der Waals surface area contributed by atoms with Gasteiger partial charge in [-0.25, -0.2) is 9.97 Å². The molecule has 5 aromatic rings. The maximum absolute atomic E-state index is 12.9. The smallest absolute Gasteiger partial charge is 0.307 e. The van der Waals surface area contributed by atoms with Crippen LogP contribution in [-0.2, 0) is 22.7 Å². The highest BCUT2D eigenvalue weighted by Gasteiger charge is 2.48. The summed E-state index contributed by atoms with van der Waals surface area (Å²) in [6.07, 6.45) is 5.50. The van der Waals surface area contributed by atoms with Crippen LogP contribution in [0.3, 0.4) is 0 Å². The van der Waals surface area contributed by atoms with Crippen molar-refractivity contribution in [3.63, 3.8) is 0 Å². The van der Waals surface area contributed by atoms with Gasteiger partial charge in [-0.3, -0.25) is 14.6 Å². The van der Waals surface area contributed by atoms with Crippen LogP contribution in [0.1, 0.15) is 23.1 Å². The van der Waals surface area contributed by atoms with E-state index in [0.29, 0.717) is 59.8 Å². The molecule has 6 rings (SSSR count). The number of fused-ring (bicyclic) bond motifs is 1. The van der Waals surface area contributed by atoms with Crippen molar-refractivity contribution in [2.45, 2.75) is 26.4 Å². The summed E-state index contributed by atoms with van der Waals surface area (Å²) < 4.78 is 22.5. The Labute approximate surface area is 283 Å². The number of carboxylic acid groups (broad SMARTS) is 1. The SMILES string of the molecule is COc1ccc(CN(Cc2ccc(OC)cc2OC)c2nc(-c3cnccc3C)cc3cc(NC(=O)[C@@H]4C[C@H]4C(=O)O)ncc23)c(OC)c1. The van der Waals surface area contributed by atoms with Crippen molar-refractivity contribution >= 4 is 34.3 Å². The number of carbonyl (C=O) groups excluding carboxylic acids is 1. The normalized spacial score (nSPS) is 15.0.